The second kappa shape index (κ2) is 6.32. The van der Waals surface area contributed by atoms with Crippen LogP contribution in [0.1, 0.15) is 30.8 Å². The molecular weight excluding hydrogens is 254 g/mol. The molecule has 0 atom stereocenters. The van der Waals surface area contributed by atoms with Crippen molar-refractivity contribution in [3.05, 3.63) is 57.4 Å². The van der Waals surface area contributed by atoms with Gasteiger partial charge in [0.05, 0.1) is 10.6 Å². The molecule has 0 saturated heterocycles. The number of rotatable bonds is 6. The first kappa shape index (κ1) is 14.2. The topological polar surface area (TPSA) is 61.0 Å². The second-order valence-electron chi connectivity index (χ2n) is 4.73. The molecule has 1 aromatic carbocycles. The van der Waals surface area contributed by atoms with Gasteiger partial charge in [0, 0.05) is 24.4 Å². The summed E-state index contributed by atoms with van der Waals surface area (Å²) in [6.45, 7) is 5.03. The van der Waals surface area contributed by atoms with E-state index in [1.54, 1.807) is 12.1 Å². The van der Waals surface area contributed by atoms with Gasteiger partial charge in [-0.05, 0) is 30.9 Å². The Hall–Kier alpha value is -2.17. The van der Waals surface area contributed by atoms with Crippen LogP contribution in [0.15, 0.2) is 30.3 Å². The number of nitro groups is 1. The number of benzene rings is 1. The lowest BCUT2D eigenvalue weighted by Gasteiger charge is -2.06. The van der Waals surface area contributed by atoms with Gasteiger partial charge in [-0.2, -0.15) is 5.10 Å². The Morgan fingerprint density at radius 1 is 1.20 bits per heavy atom. The molecule has 20 heavy (non-hydrogen) atoms. The van der Waals surface area contributed by atoms with Crippen molar-refractivity contribution in [2.75, 3.05) is 0 Å². The van der Waals surface area contributed by atoms with Crippen LogP contribution in [0.2, 0.25) is 0 Å². The fourth-order valence-corrected chi connectivity index (χ4v) is 2.19. The lowest BCUT2D eigenvalue weighted by molar-refractivity contribution is -0.384. The Kier molecular flexibility index (Phi) is 4.50. The van der Waals surface area contributed by atoms with Gasteiger partial charge >= 0.3 is 0 Å². The first-order chi connectivity index (χ1) is 9.63. The van der Waals surface area contributed by atoms with Gasteiger partial charge in [0.2, 0.25) is 0 Å². The van der Waals surface area contributed by atoms with E-state index in [2.05, 4.69) is 25.0 Å². The Morgan fingerprint density at radius 3 is 2.45 bits per heavy atom. The molecule has 0 saturated carbocycles. The fraction of sp³-hybridized carbons (Fsp3) is 0.400. The Balaban J connectivity index is 2.04. The minimum absolute atomic E-state index is 0.135. The van der Waals surface area contributed by atoms with Crippen LogP contribution in [-0.2, 0) is 25.8 Å². The van der Waals surface area contributed by atoms with Crippen LogP contribution >= 0.6 is 0 Å². The van der Waals surface area contributed by atoms with Crippen molar-refractivity contribution < 1.29 is 4.92 Å². The quantitative estimate of drug-likeness (QED) is 0.600. The van der Waals surface area contributed by atoms with Crippen LogP contribution in [0, 0.1) is 10.1 Å². The average molecular weight is 273 g/mol. The van der Waals surface area contributed by atoms with Crippen LogP contribution in [0.5, 0.6) is 0 Å². The molecule has 0 aliphatic carbocycles. The van der Waals surface area contributed by atoms with E-state index in [0.717, 1.165) is 37.1 Å². The predicted molar refractivity (Wildman–Crippen MR) is 77.8 cm³/mol. The maximum absolute atomic E-state index is 10.6. The molecule has 1 heterocycles. The predicted octanol–water partition coefficient (Wildman–Crippen LogP) is 3.16. The highest BCUT2D eigenvalue weighted by Crippen LogP contribution is 2.13. The van der Waals surface area contributed by atoms with E-state index >= 15 is 0 Å². The van der Waals surface area contributed by atoms with Crippen molar-refractivity contribution >= 4 is 5.69 Å². The SMILES string of the molecule is CCc1cc(CC)n(CCc2ccc([N+](=O)[O-])cc2)n1. The summed E-state index contributed by atoms with van der Waals surface area (Å²) in [6, 6.07) is 8.88. The lowest BCUT2D eigenvalue weighted by Crippen LogP contribution is -2.07. The fourth-order valence-electron chi connectivity index (χ4n) is 2.19. The van der Waals surface area contributed by atoms with E-state index < -0.39 is 0 Å². The summed E-state index contributed by atoms with van der Waals surface area (Å²) in [7, 11) is 0. The lowest BCUT2D eigenvalue weighted by atomic mass is 10.1. The first-order valence-corrected chi connectivity index (χ1v) is 6.93. The van der Waals surface area contributed by atoms with Gasteiger partial charge in [-0.15, -0.1) is 0 Å². The van der Waals surface area contributed by atoms with Crippen molar-refractivity contribution in [1.82, 2.24) is 9.78 Å². The number of hydrogen-bond acceptors (Lipinski definition) is 3. The first-order valence-electron chi connectivity index (χ1n) is 6.93. The zero-order chi connectivity index (χ0) is 14.5. The Bertz CT molecular complexity index is 588. The van der Waals surface area contributed by atoms with Crippen molar-refractivity contribution in [2.45, 2.75) is 39.7 Å². The van der Waals surface area contributed by atoms with Crippen LogP contribution in [0.3, 0.4) is 0 Å². The average Bonchev–Trinajstić information content (AvgIpc) is 2.88. The zero-order valence-corrected chi connectivity index (χ0v) is 11.9. The van der Waals surface area contributed by atoms with Gasteiger partial charge in [0.15, 0.2) is 0 Å². The molecule has 0 aliphatic rings. The highest BCUT2D eigenvalue weighted by Gasteiger charge is 2.07. The van der Waals surface area contributed by atoms with Gasteiger partial charge in [-0.3, -0.25) is 14.8 Å². The van der Waals surface area contributed by atoms with Gasteiger partial charge in [-0.25, -0.2) is 0 Å². The summed E-state index contributed by atoms with van der Waals surface area (Å²) in [4.78, 5) is 10.2. The molecule has 0 radical (unpaired) electrons. The molecule has 2 rings (SSSR count). The third-order valence-electron chi connectivity index (χ3n) is 3.40. The van der Waals surface area contributed by atoms with Crippen LogP contribution in [0.4, 0.5) is 5.69 Å². The van der Waals surface area contributed by atoms with Gasteiger partial charge in [0.1, 0.15) is 0 Å². The number of hydrogen-bond donors (Lipinski definition) is 0. The van der Waals surface area contributed by atoms with Crippen LogP contribution < -0.4 is 0 Å². The summed E-state index contributed by atoms with van der Waals surface area (Å²) in [5.74, 6) is 0. The molecule has 0 bridgehead atoms. The smallest absolute Gasteiger partial charge is 0.269 e. The van der Waals surface area contributed by atoms with Gasteiger partial charge in [-0.1, -0.05) is 26.0 Å². The standard InChI is InChI=1S/C15H19N3O2/c1-3-13-11-14(4-2)17(16-13)10-9-12-5-7-15(8-6-12)18(19)20/h5-8,11H,3-4,9-10H2,1-2H3. The molecule has 0 unspecified atom stereocenters. The number of aromatic nitrogens is 2. The molecule has 106 valence electrons. The Morgan fingerprint density at radius 2 is 1.90 bits per heavy atom. The minimum Gasteiger partial charge on any atom is -0.269 e. The largest absolute Gasteiger partial charge is 0.269 e. The summed E-state index contributed by atoms with van der Waals surface area (Å²) >= 11 is 0. The molecule has 2 aromatic rings. The van der Waals surface area contributed by atoms with Crippen molar-refractivity contribution in [3.8, 4) is 0 Å². The van der Waals surface area contributed by atoms with Crippen LogP contribution in [-0.4, -0.2) is 14.7 Å². The van der Waals surface area contributed by atoms with E-state index in [4.69, 9.17) is 0 Å². The summed E-state index contributed by atoms with van der Waals surface area (Å²) in [5, 5.41) is 15.2. The normalized spacial score (nSPS) is 10.7. The summed E-state index contributed by atoms with van der Waals surface area (Å²) < 4.78 is 2.04. The highest BCUT2D eigenvalue weighted by atomic mass is 16.6. The third-order valence-corrected chi connectivity index (χ3v) is 3.40. The molecule has 1 aromatic heterocycles. The molecule has 0 fully saturated rings. The molecule has 0 amide bonds. The third kappa shape index (κ3) is 3.23. The van der Waals surface area contributed by atoms with Crippen molar-refractivity contribution in [3.63, 3.8) is 0 Å². The van der Waals surface area contributed by atoms with Gasteiger partial charge < -0.3 is 0 Å². The van der Waals surface area contributed by atoms with Crippen molar-refractivity contribution in [2.24, 2.45) is 0 Å². The van der Waals surface area contributed by atoms with E-state index in [1.165, 1.54) is 5.69 Å². The van der Waals surface area contributed by atoms with E-state index in [-0.39, 0.29) is 10.6 Å². The maximum Gasteiger partial charge on any atom is 0.269 e. The molecule has 0 spiro atoms. The number of nitrogens with zero attached hydrogens (tertiary/aromatic N) is 3. The maximum atomic E-state index is 10.6. The van der Waals surface area contributed by atoms with E-state index in [9.17, 15) is 10.1 Å². The molecule has 5 nitrogen and oxygen atoms in total. The summed E-state index contributed by atoms with van der Waals surface area (Å²) in [6.07, 6.45) is 2.74. The zero-order valence-electron chi connectivity index (χ0n) is 11.9. The van der Waals surface area contributed by atoms with Gasteiger partial charge in [0.25, 0.3) is 5.69 Å². The molecular formula is C15H19N3O2. The molecule has 0 aliphatic heterocycles. The number of nitro benzene ring substituents is 1. The molecule has 5 heteroatoms. The highest BCUT2D eigenvalue weighted by molar-refractivity contribution is 5.32. The Labute approximate surface area is 118 Å². The number of aryl methyl sites for hydroxylation is 4. The minimum atomic E-state index is -0.375. The summed E-state index contributed by atoms with van der Waals surface area (Å²) in [5.41, 5.74) is 3.58. The van der Waals surface area contributed by atoms with Crippen molar-refractivity contribution in [1.29, 1.82) is 0 Å². The monoisotopic (exact) mass is 273 g/mol. The van der Waals surface area contributed by atoms with E-state index in [0.29, 0.717) is 0 Å². The van der Waals surface area contributed by atoms with E-state index in [1.807, 2.05) is 16.8 Å². The van der Waals surface area contributed by atoms with Crippen LogP contribution in [0.25, 0.3) is 0 Å². The molecule has 0 N–H and O–H groups in total. The number of non-ortho nitro benzene ring substituents is 1. The second-order valence-corrected chi connectivity index (χ2v) is 4.73.